The smallest absolute Gasteiger partial charge is 0.172 e. The topological polar surface area (TPSA) is 58.5 Å². The molecule has 1 fully saturated rings. The lowest BCUT2D eigenvalue weighted by Gasteiger charge is -2.29. The number of fused-ring (bicyclic) bond motifs is 1. The van der Waals surface area contributed by atoms with Crippen molar-refractivity contribution in [2.24, 2.45) is 9.98 Å². The molecule has 0 unspecified atom stereocenters. The van der Waals surface area contributed by atoms with E-state index >= 15 is 0 Å². The normalized spacial score (nSPS) is 16.0. The van der Waals surface area contributed by atoms with Crippen LogP contribution in [0.3, 0.4) is 0 Å². The highest BCUT2D eigenvalue weighted by atomic mass is 32.1. The zero-order chi connectivity index (χ0) is 21.0. The summed E-state index contributed by atoms with van der Waals surface area (Å²) in [5.74, 6) is 2.29. The minimum atomic E-state index is 0.618. The minimum Gasteiger partial charge on any atom is -0.494 e. The predicted octanol–water partition coefficient (Wildman–Crippen LogP) is 4.93. The summed E-state index contributed by atoms with van der Waals surface area (Å²) in [6.07, 6.45) is 0. The molecule has 1 N–H and O–H groups in total. The second-order valence-electron chi connectivity index (χ2n) is 7.26. The summed E-state index contributed by atoms with van der Waals surface area (Å²) in [6, 6.07) is 18.5. The van der Waals surface area contributed by atoms with Crippen molar-refractivity contribution >= 4 is 40.1 Å². The van der Waals surface area contributed by atoms with E-state index in [2.05, 4.69) is 34.5 Å². The molecule has 5 rings (SSSR count). The first-order chi connectivity index (χ1) is 15.3. The SMILES string of the molecule is CCOc1ccc2c(c1)NC(c1ccc(N3CCOCC3)cc1)=NC(c1cccs1)=N2. The van der Waals surface area contributed by atoms with Crippen LogP contribution >= 0.6 is 11.3 Å². The maximum absolute atomic E-state index is 5.69. The Balaban J connectivity index is 1.51. The molecule has 0 radical (unpaired) electrons. The second kappa shape index (κ2) is 8.91. The first-order valence-electron chi connectivity index (χ1n) is 10.5. The van der Waals surface area contributed by atoms with Crippen molar-refractivity contribution in [3.05, 3.63) is 70.4 Å². The van der Waals surface area contributed by atoms with Crippen LogP contribution in [0.25, 0.3) is 0 Å². The van der Waals surface area contributed by atoms with Crippen LogP contribution in [0.1, 0.15) is 17.4 Å². The van der Waals surface area contributed by atoms with Gasteiger partial charge in [-0.05, 0) is 54.8 Å². The van der Waals surface area contributed by atoms with E-state index in [4.69, 9.17) is 19.5 Å². The maximum Gasteiger partial charge on any atom is 0.172 e. The van der Waals surface area contributed by atoms with Crippen LogP contribution in [0.4, 0.5) is 17.1 Å². The van der Waals surface area contributed by atoms with Crippen LogP contribution < -0.4 is 15.0 Å². The highest BCUT2D eigenvalue weighted by molar-refractivity contribution is 7.12. The van der Waals surface area contributed by atoms with E-state index in [0.717, 1.165) is 59.7 Å². The van der Waals surface area contributed by atoms with Crippen LogP contribution in [0.15, 0.2) is 70.0 Å². The Morgan fingerprint density at radius 3 is 2.65 bits per heavy atom. The van der Waals surface area contributed by atoms with E-state index in [-0.39, 0.29) is 0 Å². The van der Waals surface area contributed by atoms with E-state index in [1.807, 2.05) is 42.6 Å². The van der Waals surface area contributed by atoms with Gasteiger partial charge in [0.05, 0.1) is 36.1 Å². The number of nitrogens with zero attached hydrogens (tertiary/aromatic N) is 3. The van der Waals surface area contributed by atoms with E-state index in [9.17, 15) is 0 Å². The molecule has 6 nitrogen and oxygen atoms in total. The van der Waals surface area contributed by atoms with E-state index < -0.39 is 0 Å². The molecule has 158 valence electrons. The van der Waals surface area contributed by atoms with Gasteiger partial charge in [0, 0.05) is 30.4 Å². The number of rotatable bonds is 5. The summed E-state index contributed by atoms with van der Waals surface area (Å²) in [5, 5.41) is 5.54. The Bertz CT molecular complexity index is 1100. The molecule has 0 aliphatic carbocycles. The van der Waals surface area contributed by atoms with Crippen LogP contribution in [-0.4, -0.2) is 44.6 Å². The number of anilines is 2. The van der Waals surface area contributed by atoms with Gasteiger partial charge in [-0.2, -0.15) is 0 Å². The zero-order valence-electron chi connectivity index (χ0n) is 17.4. The quantitative estimate of drug-likeness (QED) is 0.621. The van der Waals surface area contributed by atoms with Gasteiger partial charge < -0.3 is 19.7 Å². The van der Waals surface area contributed by atoms with E-state index in [1.165, 1.54) is 5.69 Å². The summed E-state index contributed by atoms with van der Waals surface area (Å²) in [7, 11) is 0. The standard InChI is InChI=1S/C24H24N4O2S/c1-2-30-19-9-10-20-21(16-19)26-23(27-24(25-20)22-4-3-15-31-22)17-5-7-18(8-6-17)28-11-13-29-14-12-28/h3-10,15-16H,2,11-14H2,1H3,(H,25,26,27). The molecule has 0 bridgehead atoms. The molecule has 0 amide bonds. The number of amidine groups is 2. The Hall–Kier alpha value is -3.16. The molecule has 2 aliphatic rings. The average Bonchev–Trinajstić information content (AvgIpc) is 3.28. The van der Waals surface area contributed by atoms with Gasteiger partial charge in [-0.25, -0.2) is 9.98 Å². The average molecular weight is 433 g/mol. The van der Waals surface area contributed by atoms with Crippen molar-refractivity contribution in [2.75, 3.05) is 43.1 Å². The van der Waals surface area contributed by atoms with Crippen LogP contribution in [0.2, 0.25) is 0 Å². The highest BCUT2D eigenvalue weighted by Crippen LogP contribution is 2.33. The molecular weight excluding hydrogens is 408 g/mol. The molecule has 7 heteroatoms. The van der Waals surface area contributed by atoms with E-state index in [0.29, 0.717) is 12.4 Å². The van der Waals surface area contributed by atoms with Crippen molar-refractivity contribution in [3.63, 3.8) is 0 Å². The van der Waals surface area contributed by atoms with Gasteiger partial charge in [-0.3, -0.25) is 0 Å². The van der Waals surface area contributed by atoms with Crippen LogP contribution in [0.5, 0.6) is 5.75 Å². The number of hydrogen-bond donors (Lipinski definition) is 1. The highest BCUT2D eigenvalue weighted by Gasteiger charge is 2.18. The fraction of sp³-hybridized carbons (Fsp3) is 0.250. The number of aliphatic imine (C=N–C) groups is 2. The molecule has 0 atom stereocenters. The fourth-order valence-electron chi connectivity index (χ4n) is 3.67. The van der Waals surface area contributed by atoms with Crippen molar-refractivity contribution in [1.82, 2.24) is 0 Å². The third kappa shape index (κ3) is 4.33. The third-order valence-electron chi connectivity index (χ3n) is 5.23. The van der Waals surface area contributed by atoms with Gasteiger partial charge in [0.2, 0.25) is 0 Å². The fourth-order valence-corrected chi connectivity index (χ4v) is 4.33. The van der Waals surface area contributed by atoms with Gasteiger partial charge in [0.25, 0.3) is 0 Å². The van der Waals surface area contributed by atoms with Gasteiger partial charge in [-0.15, -0.1) is 11.3 Å². The Morgan fingerprint density at radius 2 is 1.90 bits per heavy atom. The van der Waals surface area contributed by atoms with Crippen LogP contribution in [0, 0.1) is 0 Å². The number of nitrogens with one attached hydrogen (secondary N) is 1. The lowest BCUT2D eigenvalue weighted by atomic mass is 10.1. The molecule has 3 aromatic rings. The van der Waals surface area contributed by atoms with E-state index in [1.54, 1.807) is 11.3 Å². The first-order valence-corrected chi connectivity index (χ1v) is 11.4. The maximum atomic E-state index is 5.69. The molecule has 2 aromatic carbocycles. The molecule has 1 saturated heterocycles. The summed E-state index contributed by atoms with van der Waals surface area (Å²) < 4.78 is 11.2. The lowest BCUT2D eigenvalue weighted by molar-refractivity contribution is 0.122. The van der Waals surface area contributed by atoms with Gasteiger partial charge in [0.15, 0.2) is 5.84 Å². The monoisotopic (exact) mass is 432 g/mol. The molecule has 0 spiro atoms. The first kappa shape index (κ1) is 19.8. The number of benzene rings is 2. The van der Waals surface area contributed by atoms with Crippen molar-refractivity contribution in [2.45, 2.75) is 6.92 Å². The zero-order valence-corrected chi connectivity index (χ0v) is 18.2. The lowest BCUT2D eigenvalue weighted by Crippen LogP contribution is -2.36. The van der Waals surface area contributed by atoms with Gasteiger partial charge in [-0.1, -0.05) is 6.07 Å². The molecule has 2 aliphatic heterocycles. The molecule has 0 saturated carbocycles. The van der Waals surface area contributed by atoms with Gasteiger partial charge >= 0.3 is 0 Å². The summed E-state index contributed by atoms with van der Waals surface area (Å²) >= 11 is 1.63. The second-order valence-corrected chi connectivity index (χ2v) is 8.20. The van der Waals surface area contributed by atoms with Gasteiger partial charge in [0.1, 0.15) is 11.6 Å². The molecule has 1 aromatic heterocycles. The van der Waals surface area contributed by atoms with Crippen molar-refractivity contribution in [3.8, 4) is 5.75 Å². The molecule has 31 heavy (non-hydrogen) atoms. The minimum absolute atomic E-state index is 0.618. The molecule has 3 heterocycles. The number of ether oxygens (including phenoxy) is 2. The number of thiophene rings is 1. The predicted molar refractivity (Wildman–Crippen MR) is 128 cm³/mol. The van der Waals surface area contributed by atoms with Crippen molar-refractivity contribution < 1.29 is 9.47 Å². The van der Waals surface area contributed by atoms with Crippen LogP contribution in [-0.2, 0) is 4.74 Å². The summed E-state index contributed by atoms with van der Waals surface area (Å²) in [5.41, 5.74) is 3.94. The Kier molecular flexibility index (Phi) is 5.69. The third-order valence-corrected chi connectivity index (χ3v) is 6.10. The largest absolute Gasteiger partial charge is 0.494 e. The summed E-state index contributed by atoms with van der Waals surface area (Å²) in [4.78, 5) is 13.1. The van der Waals surface area contributed by atoms with Crippen molar-refractivity contribution in [1.29, 1.82) is 0 Å². The summed E-state index contributed by atoms with van der Waals surface area (Å²) in [6.45, 7) is 5.98. The number of hydrogen-bond acceptors (Lipinski definition) is 7. The Morgan fingerprint density at radius 1 is 1.06 bits per heavy atom. The molecular formula is C24H24N4O2S. The number of morpholine rings is 1. The Labute approximate surface area is 185 Å².